The van der Waals surface area contributed by atoms with Crippen LogP contribution in [-0.2, 0) is 20.7 Å². The van der Waals surface area contributed by atoms with Gasteiger partial charge < -0.3 is 19.8 Å². The molecular formula is C24H24N2O5. The third-order valence-electron chi connectivity index (χ3n) is 4.47. The van der Waals surface area contributed by atoms with E-state index >= 15 is 0 Å². The van der Waals surface area contributed by atoms with Crippen LogP contribution in [0.25, 0.3) is 0 Å². The van der Waals surface area contributed by atoms with Gasteiger partial charge in [0.2, 0.25) is 0 Å². The van der Waals surface area contributed by atoms with Gasteiger partial charge in [0.05, 0.1) is 6.26 Å². The third-order valence-corrected chi connectivity index (χ3v) is 4.47. The molecule has 0 aliphatic rings. The molecule has 160 valence electrons. The third kappa shape index (κ3) is 6.57. The summed E-state index contributed by atoms with van der Waals surface area (Å²) in [7, 11) is 0. The van der Waals surface area contributed by atoms with Crippen molar-refractivity contribution < 1.29 is 23.5 Å². The Balaban J connectivity index is 1.62. The Morgan fingerprint density at radius 1 is 0.968 bits per heavy atom. The minimum atomic E-state index is -0.978. The topological polar surface area (TPSA) is 97.6 Å². The quantitative estimate of drug-likeness (QED) is 0.544. The smallest absolute Gasteiger partial charge is 0.329 e. The van der Waals surface area contributed by atoms with Gasteiger partial charge >= 0.3 is 5.97 Å². The molecule has 2 aromatic carbocycles. The lowest BCUT2D eigenvalue weighted by Gasteiger charge is -2.17. The highest BCUT2D eigenvalue weighted by molar-refractivity contribution is 5.96. The van der Waals surface area contributed by atoms with E-state index in [2.05, 4.69) is 10.6 Å². The highest BCUT2D eigenvalue weighted by Crippen LogP contribution is 2.14. The lowest BCUT2D eigenvalue weighted by molar-refractivity contribution is -0.149. The summed E-state index contributed by atoms with van der Waals surface area (Å²) in [5.41, 5.74) is 3.49. The van der Waals surface area contributed by atoms with Gasteiger partial charge in [-0.15, -0.1) is 0 Å². The lowest BCUT2D eigenvalue weighted by Crippen LogP contribution is -2.44. The molecule has 0 bridgehead atoms. The van der Waals surface area contributed by atoms with Gasteiger partial charge in [-0.05, 0) is 54.8 Å². The number of carbonyl (C=O) groups excluding carboxylic acids is 3. The highest BCUT2D eigenvalue weighted by atomic mass is 16.5. The number of anilines is 1. The predicted molar refractivity (Wildman–Crippen MR) is 116 cm³/mol. The summed E-state index contributed by atoms with van der Waals surface area (Å²) in [5.74, 6) is -1.63. The average molecular weight is 420 g/mol. The number of rotatable bonds is 8. The van der Waals surface area contributed by atoms with Gasteiger partial charge in [0.1, 0.15) is 6.04 Å². The molecule has 0 saturated carbocycles. The van der Waals surface area contributed by atoms with Crippen molar-refractivity contribution in [2.45, 2.75) is 26.3 Å². The number of carbonyl (C=O) groups is 3. The normalized spacial score (nSPS) is 11.4. The molecule has 0 fully saturated rings. The van der Waals surface area contributed by atoms with Crippen LogP contribution in [0.15, 0.2) is 71.3 Å². The largest absolute Gasteiger partial charge is 0.459 e. The van der Waals surface area contributed by atoms with Crippen LogP contribution in [-0.4, -0.2) is 30.4 Å². The zero-order valence-electron chi connectivity index (χ0n) is 17.4. The Kier molecular flexibility index (Phi) is 7.22. The Morgan fingerprint density at radius 2 is 1.68 bits per heavy atom. The van der Waals surface area contributed by atoms with Crippen molar-refractivity contribution in [1.82, 2.24) is 5.32 Å². The molecule has 1 atom stereocenters. The van der Waals surface area contributed by atoms with E-state index in [4.69, 9.17) is 9.15 Å². The van der Waals surface area contributed by atoms with E-state index in [-0.39, 0.29) is 12.2 Å². The number of benzene rings is 2. The average Bonchev–Trinajstić information content (AvgIpc) is 3.26. The van der Waals surface area contributed by atoms with Gasteiger partial charge in [-0.1, -0.05) is 36.4 Å². The fourth-order valence-electron chi connectivity index (χ4n) is 3.16. The van der Waals surface area contributed by atoms with Crippen LogP contribution in [0.1, 0.15) is 27.2 Å². The second-order valence-electron chi connectivity index (χ2n) is 7.23. The molecule has 1 heterocycles. The van der Waals surface area contributed by atoms with Gasteiger partial charge in [-0.2, -0.15) is 0 Å². The standard InChI is InChI=1S/C24H24N2O5/c1-16-11-17(2)13-19(12-16)25-22(27)15-31-24(29)20(14-18-7-4-3-5-8-18)26-23(28)21-9-6-10-30-21/h3-13,20H,14-15H2,1-2H3,(H,25,27)(H,26,28)/t20-/m0/s1. The molecule has 0 radical (unpaired) electrons. The van der Waals surface area contributed by atoms with Crippen molar-refractivity contribution in [3.05, 3.63) is 89.4 Å². The van der Waals surface area contributed by atoms with Gasteiger partial charge in [-0.25, -0.2) is 4.79 Å². The molecule has 2 N–H and O–H groups in total. The number of aryl methyl sites for hydroxylation is 2. The van der Waals surface area contributed by atoms with Crippen LogP contribution in [0.4, 0.5) is 5.69 Å². The molecule has 2 amide bonds. The Bertz CT molecular complexity index is 1020. The lowest BCUT2D eigenvalue weighted by atomic mass is 10.1. The zero-order chi connectivity index (χ0) is 22.2. The van der Waals surface area contributed by atoms with Gasteiger partial charge in [-0.3, -0.25) is 9.59 Å². The molecule has 31 heavy (non-hydrogen) atoms. The van der Waals surface area contributed by atoms with Crippen LogP contribution < -0.4 is 10.6 Å². The van der Waals surface area contributed by atoms with E-state index in [1.54, 1.807) is 6.07 Å². The van der Waals surface area contributed by atoms with E-state index < -0.39 is 30.4 Å². The number of ether oxygens (including phenoxy) is 1. The van der Waals surface area contributed by atoms with E-state index in [1.807, 2.05) is 62.4 Å². The monoisotopic (exact) mass is 420 g/mol. The molecule has 7 heteroatoms. The number of esters is 1. The predicted octanol–water partition coefficient (Wildman–Crippen LogP) is 3.42. The number of hydrogen-bond acceptors (Lipinski definition) is 5. The van der Waals surface area contributed by atoms with Crippen LogP contribution in [0.3, 0.4) is 0 Å². The molecule has 0 aliphatic heterocycles. The molecule has 0 unspecified atom stereocenters. The molecule has 0 aliphatic carbocycles. The first-order valence-corrected chi connectivity index (χ1v) is 9.84. The molecule has 3 aromatic rings. The molecule has 7 nitrogen and oxygen atoms in total. The number of furan rings is 1. The molecule has 3 rings (SSSR count). The summed E-state index contributed by atoms with van der Waals surface area (Å²) in [4.78, 5) is 37.3. The maximum atomic E-state index is 12.7. The molecule has 0 spiro atoms. The first kappa shape index (κ1) is 21.8. The van der Waals surface area contributed by atoms with Crippen molar-refractivity contribution in [3.8, 4) is 0 Å². The van der Waals surface area contributed by atoms with E-state index in [0.29, 0.717) is 5.69 Å². The van der Waals surface area contributed by atoms with E-state index in [9.17, 15) is 14.4 Å². The molecular weight excluding hydrogens is 396 g/mol. The van der Waals surface area contributed by atoms with Gasteiger partial charge in [0.25, 0.3) is 11.8 Å². The van der Waals surface area contributed by atoms with Gasteiger partial charge in [0, 0.05) is 12.1 Å². The van der Waals surface area contributed by atoms with Crippen LogP contribution in [0.2, 0.25) is 0 Å². The second-order valence-corrected chi connectivity index (χ2v) is 7.23. The summed E-state index contributed by atoms with van der Waals surface area (Å²) < 4.78 is 10.3. The number of nitrogens with one attached hydrogen (secondary N) is 2. The fourth-order valence-corrected chi connectivity index (χ4v) is 3.16. The Hall–Kier alpha value is -3.87. The van der Waals surface area contributed by atoms with E-state index in [0.717, 1.165) is 16.7 Å². The highest BCUT2D eigenvalue weighted by Gasteiger charge is 2.25. The van der Waals surface area contributed by atoms with Crippen molar-refractivity contribution >= 4 is 23.5 Å². The SMILES string of the molecule is Cc1cc(C)cc(NC(=O)COC(=O)[C@H](Cc2ccccc2)NC(=O)c2ccco2)c1. The second kappa shape index (κ2) is 10.2. The summed E-state index contributed by atoms with van der Waals surface area (Å²) in [6.07, 6.45) is 1.58. The summed E-state index contributed by atoms with van der Waals surface area (Å²) in [5, 5.41) is 5.33. The Morgan fingerprint density at radius 3 is 2.32 bits per heavy atom. The minimum Gasteiger partial charge on any atom is -0.459 e. The van der Waals surface area contributed by atoms with Crippen molar-refractivity contribution in [2.75, 3.05) is 11.9 Å². The Labute approximate surface area is 180 Å². The summed E-state index contributed by atoms with van der Waals surface area (Å²) >= 11 is 0. The van der Waals surface area contributed by atoms with Gasteiger partial charge in [0.15, 0.2) is 12.4 Å². The van der Waals surface area contributed by atoms with Crippen molar-refractivity contribution in [3.63, 3.8) is 0 Å². The van der Waals surface area contributed by atoms with Crippen molar-refractivity contribution in [1.29, 1.82) is 0 Å². The first-order valence-electron chi connectivity index (χ1n) is 9.84. The first-order chi connectivity index (χ1) is 14.9. The number of hydrogen-bond donors (Lipinski definition) is 2. The number of amides is 2. The van der Waals surface area contributed by atoms with Crippen molar-refractivity contribution in [2.24, 2.45) is 0 Å². The van der Waals surface area contributed by atoms with Crippen LogP contribution in [0.5, 0.6) is 0 Å². The molecule has 0 saturated heterocycles. The zero-order valence-corrected chi connectivity index (χ0v) is 17.4. The summed E-state index contributed by atoms with van der Waals surface area (Å²) in [6.45, 7) is 3.39. The maximum absolute atomic E-state index is 12.7. The maximum Gasteiger partial charge on any atom is 0.329 e. The van der Waals surface area contributed by atoms with Crippen LogP contribution in [0, 0.1) is 13.8 Å². The fraction of sp³-hybridized carbons (Fsp3) is 0.208. The van der Waals surface area contributed by atoms with E-state index in [1.165, 1.54) is 12.3 Å². The minimum absolute atomic E-state index is 0.0819. The summed E-state index contributed by atoms with van der Waals surface area (Å²) in [6, 6.07) is 17.0. The molecule has 1 aromatic heterocycles. The van der Waals surface area contributed by atoms with Crippen LogP contribution >= 0.6 is 0 Å².